The summed E-state index contributed by atoms with van der Waals surface area (Å²) in [4.78, 5) is 26.4. The van der Waals surface area contributed by atoms with Gasteiger partial charge in [-0.3, -0.25) is 14.3 Å². The molecule has 0 saturated carbocycles. The number of thiophene rings is 1. The summed E-state index contributed by atoms with van der Waals surface area (Å²) in [5.74, 6) is -0.682. The number of nitrogens with one attached hydrogen (secondary N) is 1. The molecule has 1 aromatic carbocycles. The van der Waals surface area contributed by atoms with Crippen molar-refractivity contribution in [3.8, 4) is 0 Å². The Labute approximate surface area is 156 Å². The van der Waals surface area contributed by atoms with Gasteiger partial charge >= 0.3 is 0 Å². The number of primary amides is 1. The number of hydrogen-bond acceptors (Lipinski definition) is 4. The molecule has 6 nitrogen and oxygen atoms in total. The molecule has 136 valence electrons. The van der Waals surface area contributed by atoms with Crippen LogP contribution in [0.3, 0.4) is 0 Å². The normalized spacial score (nSPS) is 13.7. The second-order valence-electron chi connectivity index (χ2n) is 6.80. The molecular formula is C19H22N4O2S. The lowest BCUT2D eigenvalue weighted by molar-refractivity contribution is -0.123. The summed E-state index contributed by atoms with van der Waals surface area (Å²) in [6, 6.07) is 10.8. The van der Waals surface area contributed by atoms with Crippen LogP contribution in [0.4, 0.5) is 0 Å². The van der Waals surface area contributed by atoms with Crippen molar-refractivity contribution < 1.29 is 9.59 Å². The highest BCUT2D eigenvalue weighted by atomic mass is 32.1. The van der Waals surface area contributed by atoms with Crippen molar-refractivity contribution in [2.45, 2.75) is 32.2 Å². The van der Waals surface area contributed by atoms with Crippen molar-refractivity contribution in [3.63, 3.8) is 0 Å². The molecule has 0 saturated heterocycles. The number of carbonyl (C=O) groups excluding carboxylic acids is 2. The van der Waals surface area contributed by atoms with Gasteiger partial charge in [0.2, 0.25) is 5.91 Å². The third-order valence-electron chi connectivity index (χ3n) is 4.52. The van der Waals surface area contributed by atoms with E-state index in [1.54, 1.807) is 23.7 Å². The fraction of sp³-hybridized carbons (Fsp3) is 0.316. The van der Waals surface area contributed by atoms with Crippen molar-refractivity contribution in [2.75, 3.05) is 0 Å². The Morgan fingerprint density at radius 1 is 1.27 bits per heavy atom. The van der Waals surface area contributed by atoms with E-state index in [1.807, 2.05) is 31.3 Å². The molecule has 3 rings (SSSR count). The predicted molar refractivity (Wildman–Crippen MR) is 103 cm³/mol. The maximum atomic E-state index is 12.9. The molecule has 7 heteroatoms. The minimum absolute atomic E-state index is 0.254. The van der Waals surface area contributed by atoms with Gasteiger partial charge in [-0.1, -0.05) is 44.2 Å². The first-order chi connectivity index (χ1) is 12.2. The van der Waals surface area contributed by atoms with Crippen LogP contribution in [0, 0.1) is 0 Å². The lowest BCUT2D eigenvalue weighted by Gasteiger charge is -2.27. The quantitative estimate of drug-likeness (QED) is 0.723. The minimum atomic E-state index is -1.28. The third kappa shape index (κ3) is 2.99. The summed E-state index contributed by atoms with van der Waals surface area (Å²) < 4.78 is 1.79. The highest BCUT2D eigenvalue weighted by Gasteiger charge is 2.35. The summed E-state index contributed by atoms with van der Waals surface area (Å²) >= 11 is 1.35. The second-order valence-corrected chi connectivity index (χ2v) is 7.83. The first-order valence-corrected chi connectivity index (χ1v) is 9.20. The number of hydrogen-bond donors (Lipinski definition) is 2. The van der Waals surface area contributed by atoms with Crippen LogP contribution >= 0.6 is 11.3 Å². The van der Waals surface area contributed by atoms with E-state index in [0.717, 1.165) is 15.9 Å². The molecule has 2 heterocycles. The Morgan fingerprint density at radius 3 is 2.50 bits per heavy atom. The SMILES string of the molecule is CC(C)c1nn(C)c2sc(C(=O)N[C@](C)(C(N)=O)c3ccccc3)cc12. The lowest BCUT2D eigenvalue weighted by Crippen LogP contribution is -2.52. The van der Waals surface area contributed by atoms with Crippen LogP contribution < -0.4 is 11.1 Å². The maximum absolute atomic E-state index is 12.9. The van der Waals surface area contributed by atoms with Crippen molar-refractivity contribution in [2.24, 2.45) is 12.8 Å². The maximum Gasteiger partial charge on any atom is 0.262 e. The molecule has 26 heavy (non-hydrogen) atoms. The largest absolute Gasteiger partial charge is 0.367 e. The van der Waals surface area contributed by atoms with Crippen LogP contribution in [0.5, 0.6) is 0 Å². The summed E-state index contributed by atoms with van der Waals surface area (Å²) in [6.07, 6.45) is 0. The molecule has 2 aromatic heterocycles. The Morgan fingerprint density at radius 2 is 1.92 bits per heavy atom. The fourth-order valence-electron chi connectivity index (χ4n) is 2.94. The molecule has 0 spiro atoms. The van der Waals surface area contributed by atoms with Crippen molar-refractivity contribution in [1.82, 2.24) is 15.1 Å². The van der Waals surface area contributed by atoms with E-state index in [4.69, 9.17) is 5.73 Å². The predicted octanol–water partition coefficient (Wildman–Crippen LogP) is 2.89. The molecule has 2 amide bonds. The Kier molecular flexibility index (Phi) is 4.58. The molecule has 0 radical (unpaired) electrons. The Balaban J connectivity index is 1.97. The first-order valence-electron chi connectivity index (χ1n) is 8.38. The second kappa shape index (κ2) is 6.57. The van der Waals surface area contributed by atoms with Crippen LogP contribution in [0.25, 0.3) is 10.2 Å². The standard InChI is InChI=1S/C19H22N4O2S/c1-11(2)15-13-10-14(26-17(13)23(4)22-15)16(24)21-19(3,18(20)25)12-8-6-5-7-9-12/h5-11H,1-4H3,(H2,20,25)(H,21,24)/t19-/m0/s1. The molecule has 3 N–H and O–H groups in total. The average Bonchev–Trinajstić information content (AvgIpc) is 3.16. The summed E-state index contributed by atoms with van der Waals surface area (Å²) in [5, 5.41) is 8.30. The van der Waals surface area contributed by atoms with Crippen LogP contribution in [0.15, 0.2) is 36.4 Å². The molecule has 0 aliphatic rings. The molecule has 0 aliphatic heterocycles. The molecule has 0 fully saturated rings. The first kappa shape index (κ1) is 18.1. The lowest BCUT2D eigenvalue weighted by atomic mass is 9.91. The number of benzene rings is 1. The van der Waals surface area contributed by atoms with Gasteiger partial charge in [0.25, 0.3) is 5.91 Å². The topological polar surface area (TPSA) is 90.0 Å². The van der Waals surface area contributed by atoms with Gasteiger partial charge in [0.15, 0.2) is 0 Å². The number of fused-ring (bicyclic) bond motifs is 1. The number of nitrogens with zero attached hydrogens (tertiary/aromatic N) is 2. The molecule has 3 aromatic rings. The van der Waals surface area contributed by atoms with E-state index >= 15 is 0 Å². The summed E-state index contributed by atoms with van der Waals surface area (Å²) in [7, 11) is 1.86. The van der Waals surface area contributed by atoms with Crippen molar-refractivity contribution in [3.05, 3.63) is 52.5 Å². The van der Waals surface area contributed by atoms with Gasteiger partial charge in [-0.25, -0.2) is 0 Å². The molecule has 0 unspecified atom stereocenters. The zero-order valence-corrected chi connectivity index (χ0v) is 16.1. The van der Waals surface area contributed by atoms with E-state index in [0.29, 0.717) is 10.4 Å². The van der Waals surface area contributed by atoms with E-state index in [9.17, 15) is 9.59 Å². The summed E-state index contributed by atoms with van der Waals surface area (Å²) in [6.45, 7) is 5.76. The number of aryl methyl sites for hydroxylation is 1. The average molecular weight is 370 g/mol. The van der Waals surface area contributed by atoms with E-state index in [1.165, 1.54) is 11.3 Å². The van der Waals surface area contributed by atoms with Gasteiger partial charge < -0.3 is 11.1 Å². The van der Waals surface area contributed by atoms with E-state index in [2.05, 4.69) is 24.3 Å². The van der Waals surface area contributed by atoms with Crippen LogP contribution in [-0.2, 0) is 17.4 Å². The number of aromatic nitrogens is 2. The van der Waals surface area contributed by atoms with Gasteiger partial charge in [0.05, 0.1) is 10.6 Å². The zero-order valence-electron chi connectivity index (χ0n) is 15.2. The van der Waals surface area contributed by atoms with Crippen LogP contribution in [0.2, 0.25) is 0 Å². The fourth-order valence-corrected chi connectivity index (χ4v) is 3.92. The smallest absolute Gasteiger partial charge is 0.262 e. The Hall–Kier alpha value is -2.67. The van der Waals surface area contributed by atoms with Crippen LogP contribution in [-0.4, -0.2) is 21.6 Å². The monoisotopic (exact) mass is 370 g/mol. The van der Waals surface area contributed by atoms with Gasteiger partial charge in [0, 0.05) is 12.4 Å². The number of rotatable bonds is 5. The Bertz CT molecular complexity index is 974. The highest BCUT2D eigenvalue weighted by molar-refractivity contribution is 7.20. The summed E-state index contributed by atoms with van der Waals surface area (Å²) in [5.41, 5.74) is 5.93. The van der Waals surface area contributed by atoms with E-state index < -0.39 is 11.4 Å². The zero-order chi connectivity index (χ0) is 19.1. The molecule has 0 bridgehead atoms. The molecular weight excluding hydrogens is 348 g/mol. The molecule has 0 aliphatic carbocycles. The minimum Gasteiger partial charge on any atom is -0.367 e. The highest BCUT2D eigenvalue weighted by Crippen LogP contribution is 2.32. The van der Waals surface area contributed by atoms with Gasteiger partial charge in [-0.15, -0.1) is 11.3 Å². The van der Waals surface area contributed by atoms with Gasteiger partial charge in [-0.2, -0.15) is 5.10 Å². The van der Waals surface area contributed by atoms with Gasteiger partial charge in [-0.05, 0) is 24.5 Å². The number of amides is 2. The van der Waals surface area contributed by atoms with Crippen LogP contribution in [0.1, 0.15) is 47.6 Å². The number of carbonyl (C=O) groups is 2. The van der Waals surface area contributed by atoms with Crippen molar-refractivity contribution in [1.29, 1.82) is 0 Å². The molecule has 1 atom stereocenters. The van der Waals surface area contributed by atoms with Gasteiger partial charge in [0.1, 0.15) is 10.4 Å². The van der Waals surface area contributed by atoms with E-state index in [-0.39, 0.29) is 11.8 Å². The third-order valence-corrected chi connectivity index (χ3v) is 5.72. The van der Waals surface area contributed by atoms with Crippen molar-refractivity contribution >= 4 is 33.4 Å². The number of nitrogens with two attached hydrogens (primary N) is 1.